The molecule has 0 spiro atoms. The Kier molecular flexibility index (Phi) is 5.58. The number of nitrogens with one attached hydrogen (secondary N) is 1. The van der Waals surface area contributed by atoms with Gasteiger partial charge in [0.15, 0.2) is 0 Å². The molecular weight excluding hydrogens is 252 g/mol. The maximum atomic E-state index is 12.0. The maximum absolute atomic E-state index is 12.0. The van der Waals surface area contributed by atoms with Gasteiger partial charge in [0.2, 0.25) is 0 Å². The maximum Gasteiger partial charge on any atom is 0.301 e. The highest BCUT2D eigenvalue weighted by Gasteiger charge is 2.16. The van der Waals surface area contributed by atoms with Gasteiger partial charge in [-0.1, -0.05) is 25.5 Å². The predicted octanol–water partition coefficient (Wildman–Crippen LogP) is 1.57. The van der Waals surface area contributed by atoms with E-state index in [0.29, 0.717) is 17.8 Å². The number of rotatable bonds is 7. The highest BCUT2D eigenvalue weighted by Crippen LogP contribution is 2.13. The fourth-order valence-electron chi connectivity index (χ4n) is 1.46. The molecule has 0 fully saturated rings. The third-order valence-corrected chi connectivity index (χ3v) is 4.09. The molecule has 0 heterocycles. The summed E-state index contributed by atoms with van der Waals surface area (Å²) in [5.74, 6) is 0. The molecule has 1 aromatic rings. The lowest BCUT2D eigenvalue weighted by Crippen LogP contribution is -2.33. The van der Waals surface area contributed by atoms with Gasteiger partial charge in [-0.25, -0.2) is 0 Å². The summed E-state index contributed by atoms with van der Waals surface area (Å²) in [6, 6.07) is 6.71. The van der Waals surface area contributed by atoms with Crippen molar-refractivity contribution in [1.82, 2.24) is 4.31 Å². The van der Waals surface area contributed by atoms with Crippen LogP contribution in [-0.2, 0) is 16.8 Å². The minimum Gasteiger partial charge on any atom is -0.392 e. The number of benzene rings is 1. The lowest BCUT2D eigenvalue weighted by atomic mass is 10.2. The Bertz CT molecular complexity index is 474. The first kappa shape index (κ1) is 14.9. The molecule has 1 aromatic carbocycles. The third-order valence-electron chi connectivity index (χ3n) is 2.59. The number of anilines is 1. The molecule has 0 aliphatic carbocycles. The number of aliphatic hydroxyl groups excluding tert-OH is 1. The van der Waals surface area contributed by atoms with E-state index in [1.54, 1.807) is 31.3 Å². The molecule has 0 aliphatic heterocycles. The predicted molar refractivity (Wildman–Crippen MR) is 72.4 cm³/mol. The lowest BCUT2D eigenvalue weighted by molar-refractivity contribution is 0.282. The second-order valence-electron chi connectivity index (χ2n) is 4.14. The lowest BCUT2D eigenvalue weighted by Gasteiger charge is -2.18. The Morgan fingerprint density at radius 2 is 2.11 bits per heavy atom. The molecule has 5 nitrogen and oxygen atoms in total. The van der Waals surface area contributed by atoms with Crippen molar-refractivity contribution >= 4 is 15.9 Å². The Labute approximate surface area is 109 Å². The van der Waals surface area contributed by atoms with Gasteiger partial charge in [-0.05, 0) is 24.1 Å². The van der Waals surface area contributed by atoms with Crippen molar-refractivity contribution in [3.05, 3.63) is 29.8 Å². The van der Waals surface area contributed by atoms with Crippen LogP contribution in [-0.4, -0.2) is 31.4 Å². The molecule has 2 N–H and O–H groups in total. The first-order valence-electron chi connectivity index (χ1n) is 5.93. The molecule has 0 radical (unpaired) electrons. The zero-order valence-corrected chi connectivity index (χ0v) is 11.6. The van der Waals surface area contributed by atoms with Crippen LogP contribution in [0.15, 0.2) is 24.3 Å². The number of hydrogen-bond acceptors (Lipinski definition) is 3. The standard InChI is InChI=1S/C12H20N2O3S/c1-3-4-8-14(2)18(16,17)13-12-7-5-6-11(9-12)10-15/h5-7,9,13,15H,3-4,8,10H2,1-2H3. The van der Waals surface area contributed by atoms with Gasteiger partial charge >= 0.3 is 10.2 Å². The largest absolute Gasteiger partial charge is 0.392 e. The summed E-state index contributed by atoms with van der Waals surface area (Å²) in [7, 11) is -1.96. The van der Waals surface area contributed by atoms with Crippen molar-refractivity contribution in [3.63, 3.8) is 0 Å². The molecule has 0 saturated carbocycles. The SMILES string of the molecule is CCCCN(C)S(=O)(=O)Nc1cccc(CO)c1. The molecule has 1 rings (SSSR count). The molecule has 0 unspecified atom stereocenters. The van der Waals surface area contributed by atoms with E-state index in [2.05, 4.69) is 4.72 Å². The fraction of sp³-hybridized carbons (Fsp3) is 0.500. The smallest absolute Gasteiger partial charge is 0.301 e. The summed E-state index contributed by atoms with van der Waals surface area (Å²) in [6.07, 6.45) is 1.77. The van der Waals surface area contributed by atoms with E-state index < -0.39 is 10.2 Å². The van der Waals surface area contributed by atoms with E-state index in [-0.39, 0.29) is 6.61 Å². The highest BCUT2D eigenvalue weighted by molar-refractivity contribution is 7.90. The summed E-state index contributed by atoms with van der Waals surface area (Å²) >= 11 is 0. The normalized spacial score (nSPS) is 11.8. The average Bonchev–Trinajstić information content (AvgIpc) is 2.35. The van der Waals surface area contributed by atoms with E-state index in [0.717, 1.165) is 12.8 Å². The molecule has 0 aliphatic rings. The van der Waals surface area contributed by atoms with Crippen molar-refractivity contribution in [3.8, 4) is 0 Å². The van der Waals surface area contributed by atoms with Gasteiger partial charge < -0.3 is 5.11 Å². The Morgan fingerprint density at radius 3 is 2.72 bits per heavy atom. The van der Waals surface area contributed by atoms with E-state index in [1.165, 1.54) is 4.31 Å². The fourth-order valence-corrected chi connectivity index (χ4v) is 2.41. The van der Waals surface area contributed by atoms with Crippen LogP contribution in [0.5, 0.6) is 0 Å². The summed E-state index contributed by atoms with van der Waals surface area (Å²) in [5.41, 5.74) is 1.14. The van der Waals surface area contributed by atoms with Gasteiger partial charge in [0.1, 0.15) is 0 Å². The zero-order chi connectivity index (χ0) is 13.6. The van der Waals surface area contributed by atoms with Crippen LogP contribution in [0.2, 0.25) is 0 Å². The van der Waals surface area contributed by atoms with Crippen molar-refractivity contribution in [2.75, 3.05) is 18.3 Å². The molecule has 0 atom stereocenters. The summed E-state index contributed by atoms with van der Waals surface area (Å²) < 4.78 is 27.7. The van der Waals surface area contributed by atoms with Gasteiger partial charge in [-0.2, -0.15) is 12.7 Å². The second kappa shape index (κ2) is 6.72. The molecular formula is C12H20N2O3S. The molecule has 102 valence electrons. The van der Waals surface area contributed by atoms with Crippen LogP contribution in [0.1, 0.15) is 25.3 Å². The Morgan fingerprint density at radius 1 is 1.39 bits per heavy atom. The van der Waals surface area contributed by atoms with E-state index >= 15 is 0 Å². The number of hydrogen-bond donors (Lipinski definition) is 2. The Balaban J connectivity index is 2.75. The molecule has 6 heteroatoms. The first-order chi connectivity index (χ1) is 8.49. The van der Waals surface area contributed by atoms with Gasteiger partial charge in [0.05, 0.1) is 12.3 Å². The van der Waals surface area contributed by atoms with Crippen LogP contribution < -0.4 is 4.72 Å². The zero-order valence-electron chi connectivity index (χ0n) is 10.8. The summed E-state index contributed by atoms with van der Waals surface area (Å²) in [6.45, 7) is 2.39. The number of aliphatic hydroxyl groups is 1. The van der Waals surface area contributed by atoms with Crippen molar-refractivity contribution in [2.45, 2.75) is 26.4 Å². The molecule has 0 bridgehead atoms. The van der Waals surface area contributed by atoms with Crippen molar-refractivity contribution < 1.29 is 13.5 Å². The van der Waals surface area contributed by atoms with Gasteiger partial charge in [0.25, 0.3) is 0 Å². The quantitative estimate of drug-likeness (QED) is 0.791. The number of unbranched alkanes of at least 4 members (excludes halogenated alkanes) is 1. The second-order valence-corrected chi connectivity index (χ2v) is 5.92. The highest BCUT2D eigenvalue weighted by atomic mass is 32.2. The minimum absolute atomic E-state index is 0.110. The van der Waals surface area contributed by atoms with Gasteiger partial charge in [-0.3, -0.25) is 4.72 Å². The topological polar surface area (TPSA) is 69.6 Å². The van der Waals surface area contributed by atoms with Gasteiger partial charge in [-0.15, -0.1) is 0 Å². The van der Waals surface area contributed by atoms with Gasteiger partial charge in [0, 0.05) is 13.6 Å². The summed E-state index contributed by atoms with van der Waals surface area (Å²) in [5, 5.41) is 9.00. The minimum atomic E-state index is -3.51. The van der Waals surface area contributed by atoms with Crippen molar-refractivity contribution in [2.24, 2.45) is 0 Å². The Hall–Kier alpha value is -1.11. The van der Waals surface area contributed by atoms with Crippen LogP contribution >= 0.6 is 0 Å². The number of nitrogens with zero attached hydrogens (tertiary/aromatic N) is 1. The van der Waals surface area contributed by atoms with Crippen LogP contribution in [0.3, 0.4) is 0 Å². The molecule has 0 amide bonds. The summed E-state index contributed by atoms with van der Waals surface area (Å²) in [4.78, 5) is 0. The van der Waals surface area contributed by atoms with E-state index in [9.17, 15) is 8.42 Å². The van der Waals surface area contributed by atoms with Crippen LogP contribution in [0, 0.1) is 0 Å². The van der Waals surface area contributed by atoms with E-state index in [4.69, 9.17) is 5.11 Å². The average molecular weight is 272 g/mol. The first-order valence-corrected chi connectivity index (χ1v) is 7.37. The van der Waals surface area contributed by atoms with Crippen molar-refractivity contribution in [1.29, 1.82) is 0 Å². The van der Waals surface area contributed by atoms with Crippen LogP contribution in [0.25, 0.3) is 0 Å². The third kappa shape index (κ3) is 4.29. The molecule has 0 aromatic heterocycles. The van der Waals surface area contributed by atoms with Crippen LogP contribution in [0.4, 0.5) is 5.69 Å². The molecule has 18 heavy (non-hydrogen) atoms. The monoisotopic (exact) mass is 272 g/mol. The van der Waals surface area contributed by atoms with E-state index in [1.807, 2.05) is 6.92 Å². The molecule has 0 saturated heterocycles.